The molecule has 1 unspecified atom stereocenters. The van der Waals surface area contributed by atoms with Crippen molar-refractivity contribution in [2.75, 3.05) is 6.54 Å². The number of nitrogens with two attached hydrogens (primary N) is 1. The second-order valence-electron chi connectivity index (χ2n) is 4.47. The van der Waals surface area contributed by atoms with E-state index in [4.69, 9.17) is 5.73 Å². The number of carbonyl (C=O) groups is 1. The van der Waals surface area contributed by atoms with E-state index in [1.54, 1.807) is 7.05 Å². The molecule has 7 nitrogen and oxygen atoms in total. The van der Waals surface area contributed by atoms with Gasteiger partial charge in [-0.3, -0.25) is 4.79 Å². The molecule has 8 heteroatoms. The highest BCUT2D eigenvalue weighted by Crippen LogP contribution is 2.27. The molecule has 106 valence electrons. The number of hydrogen-bond acceptors (Lipinski definition) is 5. The molecule has 2 aromatic rings. The van der Waals surface area contributed by atoms with Crippen LogP contribution < -0.4 is 5.73 Å². The summed E-state index contributed by atoms with van der Waals surface area (Å²) >= 11 is 0. The zero-order valence-electron chi connectivity index (χ0n) is 10.8. The quantitative estimate of drug-likeness (QED) is 0.789. The van der Waals surface area contributed by atoms with E-state index in [0.29, 0.717) is 5.56 Å². The Hall–Kier alpha value is -2.35. The van der Waals surface area contributed by atoms with Crippen molar-refractivity contribution in [1.82, 2.24) is 20.2 Å². The van der Waals surface area contributed by atoms with Crippen LogP contribution >= 0.6 is 0 Å². The largest absolute Gasteiger partial charge is 0.481 e. The number of nitrogens with zero attached hydrogens (tertiary/aromatic N) is 4. The van der Waals surface area contributed by atoms with E-state index in [1.807, 2.05) is 0 Å². The van der Waals surface area contributed by atoms with Gasteiger partial charge in [-0.15, -0.1) is 10.2 Å². The summed E-state index contributed by atoms with van der Waals surface area (Å²) in [5, 5.41) is 21.0. The van der Waals surface area contributed by atoms with Gasteiger partial charge in [0.05, 0.1) is 7.05 Å². The van der Waals surface area contributed by atoms with Gasteiger partial charge in [-0.2, -0.15) is 4.80 Å². The minimum absolute atomic E-state index is 0.0156. The van der Waals surface area contributed by atoms with Crippen LogP contribution in [0.15, 0.2) is 24.3 Å². The van der Waals surface area contributed by atoms with Gasteiger partial charge >= 0.3 is 5.97 Å². The van der Waals surface area contributed by atoms with E-state index in [-0.39, 0.29) is 18.8 Å². The molecule has 0 amide bonds. The smallest absolute Gasteiger partial charge is 0.315 e. The van der Waals surface area contributed by atoms with Crippen molar-refractivity contribution in [3.8, 4) is 0 Å². The van der Waals surface area contributed by atoms with Crippen LogP contribution in [-0.4, -0.2) is 37.8 Å². The third-order valence-corrected chi connectivity index (χ3v) is 3.16. The van der Waals surface area contributed by atoms with Gasteiger partial charge in [0.25, 0.3) is 0 Å². The van der Waals surface area contributed by atoms with Crippen LogP contribution in [0.4, 0.5) is 4.39 Å². The highest BCUT2D eigenvalue weighted by atomic mass is 19.1. The number of aliphatic carboxylic acids is 1. The summed E-state index contributed by atoms with van der Waals surface area (Å²) in [5.41, 5.74) is 4.67. The fourth-order valence-electron chi connectivity index (χ4n) is 2.01. The van der Waals surface area contributed by atoms with E-state index >= 15 is 0 Å². The number of benzene rings is 1. The predicted molar refractivity (Wildman–Crippen MR) is 67.3 cm³/mol. The zero-order chi connectivity index (χ0) is 14.8. The minimum atomic E-state index is -1.41. The van der Waals surface area contributed by atoms with Crippen molar-refractivity contribution in [3.63, 3.8) is 0 Å². The first-order valence-electron chi connectivity index (χ1n) is 5.90. The number of rotatable bonds is 5. The molecule has 0 radical (unpaired) electrons. The molecular weight excluding hydrogens is 265 g/mol. The van der Waals surface area contributed by atoms with Gasteiger partial charge in [0.1, 0.15) is 11.2 Å². The highest BCUT2D eigenvalue weighted by molar-refractivity contribution is 5.82. The van der Waals surface area contributed by atoms with Crippen LogP contribution in [0.3, 0.4) is 0 Å². The molecule has 0 bridgehead atoms. The van der Waals surface area contributed by atoms with Crippen molar-refractivity contribution in [3.05, 3.63) is 41.5 Å². The Morgan fingerprint density at radius 1 is 1.45 bits per heavy atom. The molecule has 2 rings (SSSR count). The van der Waals surface area contributed by atoms with E-state index in [9.17, 15) is 14.3 Å². The summed E-state index contributed by atoms with van der Waals surface area (Å²) in [5.74, 6) is -1.29. The minimum Gasteiger partial charge on any atom is -0.481 e. The van der Waals surface area contributed by atoms with Crippen LogP contribution in [0.5, 0.6) is 0 Å². The third-order valence-electron chi connectivity index (χ3n) is 3.16. The lowest BCUT2D eigenvalue weighted by Gasteiger charge is -2.27. The Bertz CT molecular complexity index is 613. The fourth-order valence-corrected chi connectivity index (χ4v) is 2.01. The summed E-state index contributed by atoms with van der Waals surface area (Å²) in [4.78, 5) is 12.9. The van der Waals surface area contributed by atoms with E-state index < -0.39 is 17.2 Å². The monoisotopic (exact) mass is 279 g/mol. The van der Waals surface area contributed by atoms with E-state index in [2.05, 4.69) is 15.4 Å². The highest BCUT2D eigenvalue weighted by Gasteiger charge is 2.40. The number of hydrogen-bond donors (Lipinski definition) is 2. The Kier molecular flexibility index (Phi) is 3.75. The second-order valence-corrected chi connectivity index (χ2v) is 4.47. The number of aromatic nitrogens is 4. The third kappa shape index (κ3) is 2.50. The standard InChI is InChI=1S/C12H14FN5O2/c1-18-16-10(15-17-18)6-12(7-14,11(19)20)8-2-4-9(13)5-3-8/h2-5H,6-7,14H2,1H3,(H,19,20). The molecule has 0 aliphatic carbocycles. The molecule has 1 heterocycles. The Labute approximate surface area is 114 Å². The molecule has 0 spiro atoms. The van der Waals surface area contributed by atoms with Crippen molar-refractivity contribution < 1.29 is 14.3 Å². The molecule has 0 saturated carbocycles. The summed E-state index contributed by atoms with van der Waals surface area (Å²) in [6.45, 7) is -0.160. The number of carboxylic acid groups (broad SMARTS) is 1. The topological polar surface area (TPSA) is 107 Å². The lowest BCUT2D eigenvalue weighted by molar-refractivity contribution is -0.143. The number of aryl methyl sites for hydroxylation is 1. The molecule has 1 atom stereocenters. The van der Waals surface area contributed by atoms with Crippen LogP contribution in [0, 0.1) is 5.82 Å². The average molecular weight is 279 g/mol. The van der Waals surface area contributed by atoms with Gasteiger partial charge in [-0.05, 0) is 22.9 Å². The number of tetrazole rings is 1. The second kappa shape index (κ2) is 5.33. The Morgan fingerprint density at radius 3 is 2.55 bits per heavy atom. The molecule has 1 aromatic heterocycles. The Balaban J connectivity index is 2.44. The Morgan fingerprint density at radius 2 is 2.10 bits per heavy atom. The molecule has 0 saturated heterocycles. The van der Waals surface area contributed by atoms with Gasteiger partial charge < -0.3 is 10.8 Å². The lowest BCUT2D eigenvalue weighted by atomic mass is 9.77. The predicted octanol–water partition coefficient (Wildman–Crippen LogP) is -0.127. The maximum absolute atomic E-state index is 13.0. The van der Waals surface area contributed by atoms with Crippen molar-refractivity contribution in [2.24, 2.45) is 12.8 Å². The molecule has 3 N–H and O–H groups in total. The first-order valence-corrected chi connectivity index (χ1v) is 5.90. The molecule has 0 aliphatic heterocycles. The number of halogens is 1. The van der Waals surface area contributed by atoms with Gasteiger partial charge in [-0.1, -0.05) is 12.1 Å². The maximum atomic E-state index is 13.0. The fraction of sp³-hybridized carbons (Fsp3) is 0.333. The van der Waals surface area contributed by atoms with Crippen molar-refractivity contribution >= 4 is 5.97 Å². The van der Waals surface area contributed by atoms with Gasteiger partial charge in [0, 0.05) is 13.0 Å². The van der Waals surface area contributed by atoms with Crippen molar-refractivity contribution in [1.29, 1.82) is 0 Å². The zero-order valence-corrected chi connectivity index (χ0v) is 10.8. The molecule has 0 fully saturated rings. The summed E-state index contributed by atoms with van der Waals surface area (Å²) in [7, 11) is 1.58. The molecular formula is C12H14FN5O2. The van der Waals surface area contributed by atoms with E-state index in [1.165, 1.54) is 29.1 Å². The SMILES string of the molecule is Cn1nnc(CC(CN)(C(=O)O)c2ccc(F)cc2)n1. The number of carboxylic acids is 1. The molecule has 1 aromatic carbocycles. The van der Waals surface area contributed by atoms with Gasteiger partial charge in [0.2, 0.25) is 0 Å². The normalized spacial score (nSPS) is 13.9. The van der Waals surface area contributed by atoms with Crippen LogP contribution in [0.25, 0.3) is 0 Å². The first kappa shape index (κ1) is 14.1. The van der Waals surface area contributed by atoms with Crippen molar-refractivity contribution in [2.45, 2.75) is 11.8 Å². The van der Waals surface area contributed by atoms with E-state index in [0.717, 1.165) is 0 Å². The van der Waals surface area contributed by atoms with Gasteiger partial charge in [-0.25, -0.2) is 4.39 Å². The molecule has 0 aliphatic rings. The summed E-state index contributed by atoms with van der Waals surface area (Å²) in [6.07, 6.45) is -0.0156. The lowest BCUT2D eigenvalue weighted by Crippen LogP contribution is -2.45. The van der Waals surface area contributed by atoms with Crippen LogP contribution in [0.2, 0.25) is 0 Å². The maximum Gasteiger partial charge on any atom is 0.315 e. The average Bonchev–Trinajstić information content (AvgIpc) is 2.82. The summed E-state index contributed by atoms with van der Waals surface area (Å²) < 4.78 is 13.0. The van der Waals surface area contributed by atoms with Crippen LogP contribution in [-0.2, 0) is 23.7 Å². The van der Waals surface area contributed by atoms with Crippen LogP contribution in [0.1, 0.15) is 11.4 Å². The first-order chi connectivity index (χ1) is 9.48. The van der Waals surface area contributed by atoms with Gasteiger partial charge in [0.15, 0.2) is 5.82 Å². The summed E-state index contributed by atoms with van der Waals surface area (Å²) in [6, 6.07) is 5.22. The molecule has 20 heavy (non-hydrogen) atoms.